The maximum atomic E-state index is 12.5. The smallest absolute Gasteiger partial charge is 0.224 e. The zero-order valence-corrected chi connectivity index (χ0v) is 14.6. The van der Waals surface area contributed by atoms with E-state index in [4.69, 9.17) is 9.47 Å². The van der Waals surface area contributed by atoms with Crippen molar-refractivity contribution in [3.05, 3.63) is 23.8 Å². The van der Waals surface area contributed by atoms with E-state index in [1.54, 1.807) is 14.2 Å². The number of nitrogens with one attached hydrogen (secondary N) is 1. The molecule has 0 spiro atoms. The number of fused-ring (bicyclic) bond motifs is 2. The van der Waals surface area contributed by atoms with Gasteiger partial charge in [0.1, 0.15) is 0 Å². The molecule has 2 bridgehead atoms. The molecule has 2 fully saturated rings. The number of carboxylic acid groups (broad SMARTS) is 1. The van der Waals surface area contributed by atoms with Crippen LogP contribution in [0.5, 0.6) is 11.5 Å². The summed E-state index contributed by atoms with van der Waals surface area (Å²) in [5.74, 6) is -0.681. The number of aliphatic carboxylic acids is 1. The second kappa shape index (κ2) is 7.33. The Kier molecular flexibility index (Phi) is 5.16. The van der Waals surface area contributed by atoms with Crippen LogP contribution in [0.4, 0.5) is 0 Å². The van der Waals surface area contributed by atoms with Crippen LogP contribution in [0.25, 0.3) is 0 Å². The van der Waals surface area contributed by atoms with Gasteiger partial charge in [-0.25, -0.2) is 0 Å². The number of carboxylic acids is 1. The molecule has 0 unspecified atom stereocenters. The molecule has 2 aliphatic carbocycles. The Balaban J connectivity index is 1.57. The zero-order chi connectivity index (χ0) is 18.0. The second-order valence-electron chi connectivity index (χ2n) is 6.93. The minimum atomic E-state index is -1.08. The molecule has 0 aliphatic heterocycles. The zero-order valence-electron chi connectivity index (χ0n) is 14.6. The molecule has 0 saturated heterocycles. The third kappa shape index (κ3) is 3.43. The van der Waals surface area contributed by atoms with E-state index in [0.717, 1.165) is 24.8 Å². The van der Waals surface area contributed by atoms with Crippen LogP contribution in [0.3, 0.4) is 0 Å². The normalized spacial score (nSPS) is 27.1. The fourth-order valence-corrected chi connectivity index (χ4v) is 4.49. The molecule has 1 aromatic carbocycles. The lowest BCUT2D eigenvalue weighted by atomic mass is 9.78. The highest BCUT2D eigenvalue weighted by molar-refractivity contribution is 5.85. The average Bonchev–Trinajstić information content (AvgIpc) is 3.22. The Hall–Kier alpha value is -2.24. The van der Waals surface area contributed by atoms with Crippen LogP contribution < -0.4 is 19.9 Å². The molecule has 136 valence electrons. The number of amides is 1. The van der Waals surface area contributed by atoms with Crippen molar-refractivity contribution in [2.24, 2.45) is 23.7 Å². The summed E-state index contributed by atoms with van der Waals surface area (Å²) in [4.78, 5) is 23.9. The van der Waals surface area contributed by atoms with Crippen molar-refractivity contribution in [3.8, 4) is 11.5 Å². The predicted octanol–water partition coefficient (Wildman–Crippen LogP) is 0.775. The molecule has 3 rings (SSSR count). The Morgan fingerprint density at radius 1 is 1.12 bits per heavy atom. The molecule has 6 heteroatoms. The first kappa shape index (κ1) is 17.6. The molecular weight excluding hydrogens is 322 g/mol. The summed E-state index contributed by atoms with van der Waals surface area (Å²) in [6, 6.07) is 5.64. The minimum Gasteiger partial charge on any atom is -0.550 e. The molecule has 6 nitrogen and oxygen atoms in total. The van der Waals surface area contributed by atoms with Crippen molar-refractivity contribution in [1.29, 1.82) is 0 Å². The van der Waals surface area contributed by atoms with Crippen LogP contribution in [0.15, 0.2) is 18.2 Å². The topological polar surface area (TPSA) is 87.7 Å². The number of hydrogen-bond acceptors (Lipinski definition) is 5. The van der Waals surface area contributed by atoms with Crippen LogP contribution in [0.2, 0.25) is 0 Å². The molecule has 2 aliphatic rings. The molecule has 25 heavy (non-hydrogen) atoms. The van der Waals surface area contributed by atoms with Crippen molar-refractivity contribution < 1.29 is 24.2 Å². The number of benzene rings is 1. The predicted molar refractivity (Wildman–Crippen MR) is 89.1 cm³/mol. The van der Waals surface area contributed by atoms with Gasteiger partial charge in [0.15, 0.2) is 11.5 Å². The number of ether oxygens (including phenoxy) is 2. The number of carbonyl (C=O) groups excluding carboxylic acids is 2. The monoisotopic (exact) mass is 346 g/mol. The first-order valence-electron chi connectivity index (χ1n) is 8.74. The van der Waals surface area contributed by atoms with Gasteiger partial charge in [0.2, 0.25) is 5.91 Å². The quantitative estimate of drug-likeness (QED) is 0.788. The number of hydrogen-bond donors (Lipinski definition) is 1. The summed E-state index contributed by atoms with van der Waals surface area (Å²) < 4.78 is 10.5. The van der Waals surface area contributed by atoms with Crippen LogP contribution in [-0.4, -0.2) is 32.6 Å². The van der Waals surface area contributed by atoms with Gasteiger partial charge in [-0.15, -0.1) is 0 Å². The van der Waals surface area contributed by atoms with Crippen LogP contribution in [0, 0.1) is 23.7 Å². The van der Waals surface area contributed by atoms with E-state index in [2.05, 4.69) is 5.32 Å². The molecule has 1 amide bonds. The number of carbonyl (C=O) groups is 2. The Labute approximate surface area is 147 Å². The van der Waals surface area contributed by atoms with E-state index in [1.165, 1.54) is 0 Å². The lowest BCUT2D eigenvalue weighted by Gasteiger charge is -2.30. The summed E-state index contributed by atoms with van der Waals surface area (Å²) in [6.45, 7) is 0.460. The molecule has 1 aromatic rings. The van der Waals surface area contributed by atoms with Crippen molar-refractivity contribution >= 4 is 11.9 Å². The highest BCUT2D eigenvalue weighted by Gasteiger charge is 2.51. The van der Waals surface area contributed by atoms with Crippen molar-refractivity contribution in [1.82, 2.24) is 5.32 Å². The second-order valence-corrected chi connectivity index (χ2v) is 6.93. The lowest BCUT2D eigenvalue weighted by molar-refractivity contribution is -0.314. The SMILES string of the molecule is COc1ccc(CCNC(=O)[C@@H]2[C@H]3CC[C@@H](C3)[C@@H]2C(=O)[O-])cc1OC. The highest BCUT2D eigenvalue weighted by atomic mass is 16.5. The van der Waals surface area contributed by atoms with Gasteiger partial charge in [-0.05, 0) is 55.2 Å². The summed E-state index contributed by atoms with van der Waals surface area (Å²) in [5, 5.41) is 14.3. The van der Waals surface area contributed by atoms with E-state index in [-0.39, 0.29) is 17.7 Å². The first-order chi connectivity index (χ1) is 12.0. The van der Waals surface area contributed by atoms with Crippen LogP contribution in [0.1, 0.15) is 24.8 Å². The van der Waals surface area contributed by atoms with E-state index in [9.17, 15) is 14.7 Å². The highest BCUT2D eigenvalue weighted by Crippen LogP contribution is 2.52. The standard InChI is InChI=1S/C19H25NO5/c1-24-14-6-3-11(9-15(14)25-2)7-8-20-18(21)16-12-4-5-13(10-12)17(16)19(22)23/h3,6,9,12-13,16-17H,4-5,7-8,10H2,1-2H3,(H,20,21)(H,22,23)/p-1/t12-,13-,16+,17-/m0/s1. The fraction of sp³-hybridized carbons (Fsp3) is 0.579. The maximum Gasteiger partial charge on any atom is 0.224 e. The van der Waals surface area contributed by atoms with Crippen molar-refractivity contribution in [2.45, 2.75) is 25.7 Å². The van der Waals surface area contributed by atoms with Gasteiger partial charge in [-0.3, -0.25) is 4.79 Å². The molecular formula is C19H24NO5-. The van der Waals surface area contributed by atoms with E-state index in [1.807, 2.05) is 18.2 Å². The van der Waals surface area contributed by atoms with Crippen molar-refractivity contribution in [3.63, 3.8) is 0 Å². The van der Waals surface area contributed by atoms with E-state index >= 15 is 0 Å². The largest absolute Gasteiger partial charge is 0.550 e. The lowest BCUT2D eigenvalue weighted by Crippen LogP contribution is -2.46. The average molecular weight is 346 g/mol. The number of methoxy groups -OCH3 is 2. The molecule has 2 saturated carbocycles. The third-order valence-corrected chi connectivity index (χ3v) is 5.65. The van der Waals surface area contributed by atoms with Crippen LogP contribution in [-0.2, 0) is 16.0 Å². The molecule has 1 N–H and O–H groups in total. The minimum absolute atomic E-state index is 0.108. The van der Waals surface area contributed by atoms with E-state index < -0.39 is 17.8 Å². The van der Waals surface area contributed by atoms with Crippen LogP contribution >= 0.6 is 0 Å². The van der Waals surface area contributed by atoms with Gasteiger partial charge < -0.3 is 24.7 Å². The molecule has 0 radical (unpaired) electrons. The Morgan fingerprint density at radius 3 is 2.44 bits per heavy atom. The summed E-state index contributed by atoms with van der Waals surface area (Å²) in [5.41, 5.74) is 1.02. The summed E-state index contributed by atoms with van der Waals surface area (Å²) in [6.07, 6.45) is 3.33. The van der Waals surface area contributed by atoms with Crippen molar-refractivity contribution in [2.75, 3.05) is 20.8 Å². The molecule has 4 atom stereocenters. The fourth-order valence-electron chi connectivity index (χ4n) is 4.49. The van der Waals surface area contributed by atoms with Gasteiger partial charge in [-0.1, -0.05) is 6.07 Å². The van der Waals surface area contributed by atoms with E-state index in [0.29, 0.717) is 24.5 Å². The first-order valence-corrected chi connectivity index (χ1v) is 8.74. The van der Waals surface area contributed by atoms with Gasteiger partial charge >= 0.3 is 0 Å². The van der Waals surface area contributed by atoms with Gasteiger partial charge in [0, 0.05) is 24.3 Å². The Bertz CT molecular complexity index is 659. The third-order valence-electron chi connectivity index (χ3n) is 5.65. The van der Waals surface area contributed by atoms with Gasteiger partial charge in [-0.2, -0.15) is 0 Å². The number of rotatable bonds is 7. The summed E-state index contributed by atoms with van der Waals surface area (Å²) in [7, 11) is 3.17. The Morgan fingerprint density at radius 2 is 1.80 bits per heavy atom. The van der Waals surface area contributed by atoms with Gasteiger partial charge in [0.25, 0.3) is 0 Å². The molecule has 0 aromatic heterocycles. The van der Waals surface area contributed by atoms with Gasteiger partial charge in [0.05, 0.1) is 14.2 Å². The summed E-state index contributed by atoms with van der Waals surface area (Å²) >= 11 is 0. The molecule has 0 heterocycles. The maximum absolute atomic E-state index is 12.5.